The molecule has 6 aromatic carbocycles. The van der Waals surface area contributed by atoms with E-state index in [1.165, 1.54) is 53.5 Å². The summed E-state index contributed by atoms with van der Waals surface area (Å²) in [4.78, 5) is 9.46. The molecule has 0 unspecified atom stereocenters. The molecule has 10 rings (SSSR count). The number of benzene rings is 6. The molecule has 298 valence electrons. The number of anilines is 4. The Kier molecular flexibility index (Phi) is 9.53. The first-order chi connectivity index (χ1) is 27.8. The van der Waals surface area contributed by atoms with Crippen molar-refractivity contribution in [3.63, 3.8) is 0 Å². The van der Waals surface area contributed by atoms with Gasteiger partial charge in [0.15, 0.2) is 0 Å². The standard InChI is InChI=1S/C52H45N4OS.Pt/c1-32-24-35(52(6,7)8)25-33(2)50(32)55-31-54(43-17-10-11-18-44(43)55)36-14-13-15-37(27-36)57-38-20-21-39-41-30-48-42(40-16-9-12-19-47(40)58-48)29-46(41)56(45(39)28-38)49-26-34(22-23-53-49)51(3,4)5;/h9-26,29-31H,1-8H3;/q-3;. The molecule has 5 nitrogen and oxygen atoms in total. The molecule has 0 spiro atoms. The SMILES string of the molecule is Cc1cc(C(C)(C)C)cc(C)c1N1[CH-]N(c2[c-]c(Oc3[c-]c4c(cc3)c3cc5sc6ccccc6c5cc3n4-c3cc(C(C)(C)C)ccn3)ccc2)c2ccccc21.[Pt]. The first kappa shape index (κ1) is 39.1. The van der Waals surface area contributed by atoms with Gasteiger partial charge >= 0.3 is 0 Å². The smallest absolute Gasteiger partial charge is 0.135 e. The van der Waals surface area contributed by atoms with E-state index < -0.39 is 0 Å². The molecule has 59 heavy (non-hydrogen) atoms. The van der Waals surface area contributed by atoms with Crippen molar-refractivity contribution in [3.05, 3.63) is 163 Å². The van der Waals surface area contributed by atoms with E-state index in [1.54, 1.807) is 0 Å². The molecule has 0 aliphatic carbocycles. The zero-order valence-electron chi connectivity index (χ0n) is 34.5. The fraction of sp³-hybridized carbons (Fsp3) is 0.192. The predicted octanol–water partition coefficient (Wildman–Crippen LogP) is 14.6. The van der Waals surface area contributed by atoms with Crippen molar-refractivity contribution in [1.82, 2.24) is 9.55 Å². The van der Waals surface area contributed by atoms with E-state index in [2.05, 4.69) is 186 Å². The van der Waals surface area contributed by atoms with Gasteiger partial charge in [0.05, 0.1) is 0 Å². The van der Waals surface area contributed by atoms with Gasteiger partial charge in [-0.1, -0.05) is 89.5 Å². The quantitative estimate of drug-likeness (QED) is 0.161. The normalized spacial score (nSPS) is 13.2. The molecule has 0 N–H and O–H groups in total. The van der Waals surface area contributed by atoms with Crippen LogP contribution in [0.1, 0.15) is 63.8 Å². The molecule has 4 heterocycles. The van der Waals surface area contributed by atoms with E-state index in [0.717, 1.165) is 39.3 Å². The molecule has 0 bridgehead atoms. The van der Waals surface area contributed by atoms with Crippen molar-refractivity contribution < 1.29 is 25.8 Å². The number of hydrogen-bond acceptors (Lipinski definition) is 5. The van der Waals surface area contributed by atoms with Gasteiger partial charge in [-0.3, -0.25) is 0 Å². The molecule has 0 amide bonds. The minimum atomic E-state index is -0.0367. The minimum Gasteiger partial charge on any atom is -0.509 e. The molecule has 9 aromatic rings. The number of pyridine rings is 1. The average Bonchev–Trinajstić information content (AvgIpc) is 3.85. The summed E-state index contributed by atoms with van der Waals surface area (Å²) in [6, 6.07) is 48.4. The molecule has 0 fully saturated rings. The number of aromatic nitrogens is 2. The van der Waals surface area contributed by atoms with E-state index >= 15 is 0 Å². The van der Waals surface area contributed by atoms with Crippen LogP contribution in [0.2, 0.25) is 0 Å². The molecule has 1 aliphatic heterocycles. The monoisotopic (exact) mass is 968 g/mol. The van der Waals surface area contributed by atoms with Crippen LogP contribution in [-0.4, -0.2) is 9.55 Å². The van der Waals surface area contributed by atoms with Crippen LogP contribution in [-0.2, 0) is 31.9 Å². The third-order valence-electron chi connectivity index (χ3n) is 11.5. The van der Waals surface area contributed by atoms with Crippen molar-refractivity contribution in [2.24, 2.45) is 0 Å². The van der Waals surface area contributed by atoms with Crippen LogP contribution in [0, 0.1) is 32.6 Å². The Morgan fingerprint density at radius 3 is 2.05 bits per heavy atom. The molecule has 0 atom stereocenters. The molecular weight excluding hydrogens is 924 g/mol. The Morgan fingerprint density at radius 2 is 1.31 bits per heavy atom. The van der Waals surface area contributed by atoms with E-state index in [1.807, 2.05) is 35.7 Å². The summed E-state index contributed by atoms with van der Waals surface area (Å²) < 4.78 is 11.5. The van der Waals surface area contributed by atoms with E-state index in [4.69, 9.17) is 9.72 Å². The van der Waals surface area contributed by atoms with Gasteiger partial charge in [0.25, 0.3) is 0 Å². The largest absolute Gasteiger partial charge is 0.509 e. The number of ether oxygens (including phenoxy) is 1. The van der Waals surface area contributed by atoms with Gasteiger partial charge in [-0.05, 0) is 94.8 Å². The number of hydrogen-bond donors (Lipinski definition) is 0. The third kappa shape index (κ3) is 6.71. The van der Waals surface area contributed by atoms with E-state index in [-0.39, 0.29) is 31.9 Å². The summed E-state index contributed by atoms with van der Waals surface area (Å²) >= 11 is 1.84. The second kappa shape index (κ2) is 14.4. The maximum absolute atomic E-state index is 6.66. The number of fused-ring (bicyclic) bond motifs is 7. The van der Waals surface area contributed by atoms with Gasteiger partial charge in [0.1, 0.15) is 5.82 Å². The van der Waals surface area contributed by atoms with Gasteiger partial charge < -0.3 is 19.1 Å². The first-order valence-corrected chi connectivity index (χ1v) is 20.8. The third-order valence-corrected chi connectivity index (χ3v) is 12.6. The Bertz CT molecular complexity index is 3070. The second-order valence-electron chi connectivity index (χ2n) is 17.6. The maximum Gasteiger partial charge on any atom is 0.135 e. The Labute approximate surface area is 365 Å². The van der Waals surface area contributed by atoms with Crippen LogP contribution in [0.15, 0.2) is 121 Å². The summed E-state index contributed by atoms with van der Waals surface area (Å²) in [6.07, 6.45) is 1.92. The van der Waals surface area contributed by atoms with Crippen LogP contribution >= 0.6 is 11.3 Å². The second-order valence-corrected chi connectivity index (χ2v) is 18.7. The fourth-order valence-corrected chi connectivity index (χ4v) is 9.58. The molecule has 1 aliphatic rings. The molecule has 0 saturated carbocycles. The van der Waals surface area contributed by atoms with E-state index in [0.29, 0.717) is 11.5 Å². The summed E-state index contributed by atoms with van der Waals surface area (Å²) in [5, 5.41) is 4.79. The maximum atomic E-state index is 6.66. The van der Waals surface area contributed by atoms with Crippen LogP contribution in [0.25, 0.3) is 47.8 Å². The molecule has 0 radical (unpaired) electrons. The van der Waals surface area contributed by atoms with Crippen molar-refractivity contribution >= 4 is 76.1 Å². The molecular formula is C52H45N4OPtS-3. The fourth-order valence-electron chi connectivity index (χ4n) is 8.45. The zero-order valence-corrected chi connectivity index (χ0v) is 37.6. The van der Waals surface area contributed by atoms with Crippen LogP contribution in [0.5, 0.6) is 11.5 Å². The number of nitrogens with zero attached hydrogens (tertiary/aromatic N) is 4. The molecule has 7 heteroatoms. The Balaban J connectivity index is 0.00000449. The number of thiophene rings is 1. The molecule has 3 aromatic heterocycles. The van der Waals surface area contributed by atoms with Crippen molar-refractivity contribution in [1.29, 1.82) is 0 Å². The molecule has 0 saturated heterocycles. The minimum absolute atomic E-state index is 0. The summed E-state index contributed by atoms with van der Waals surface area (Å²) in [5.41, 5.74) is 11.4. The predicted molar refractivity (Wildman–Crippen MR) is 244 cm³/mol. The Hall–Kier alpha value is -5.42. The first-order valence-electron chi connectivity index (χ1n) is 19.9. The Morgan fingerprint density at radius 1 is 0.610 bits per heavy atom. The van der Waals surface area contributed by atoms with Crippen LogP contribution < -0.4 is 14.5 Å². The average molecular weight is 969 g/mol. The van der Waals surface area contributed by atoms with Gasteiger partial charge in [0, 0.05) is 81.5 Å². The van der Waals surface area contributed by atoms with Gasteiger partial charge in [-0.2, -0.15) is 12.1 Å². The van der Waals surface area contributed by atoms with Gasteiger partial charge in [-0.25, -0.2) is 4.98 Å². The van der Waals surface area contributed by atoms with Gasteiger partial charge in [0.2, 0.25) is 0 Å². The number of para-hydroxylation sites is 2. The van der Waals surface area contributed by atoms with Crippen molar-refractivity contribution in [2.45, 2.75) is 66.2 Å². The van der Waals surface area contributed by atoms with Crippen molar-refractivity contribution in [3.8, 4) is 17.3 Å². The van der Waals surface area contributed by atoms with Crippen molar-refractivity contribution in [2.75, 3.05) is 9.80 Å². The van der Waals surface area contributed by atoms with Gasteiger partial charge in [-0.15, -0.1) is 59.4 Å². The summed E-state index contributed by atoms with van der Waals surface area (Å²) in [5.74, 6) is 2.09. The zero-order chi connectivity index (χ0) is 40.1. The van der Waals surface area contributed by atoms with Crippen LogP contribution in [0.3, 0.4) is 0 Å². The number of rotatable bonds is 5. The summed E-state index contributed by atoms with van der Waals surface area (Å²) in [6.45, 7) is 20.1. The summed E-state index contributed by atoms with van der Waals surface area (Å²) in [7, 11) is 0. The number of aryl methyl sites for hydroxylation is 2. The topological polar surface area (TPSA) is 33.5 Å². The van der Waals surface area contributed by atoms with Crippen LogP contribution in [0.4, 0.5) is 22.7 Å². The van der Waals surface area contributed by atoms with E-state index in [9.17, 15) is 0 Å².